The lowest BCUT2D eigenvalue weighted by atomic mass is 10.1. The zero-order valence-corrected chi connectivity index (χ0v) is 25.9. The predicted octanol–water partition coefficient (Wildman–Crippen LogP) is 7.20. The topological polar surface area (TPSA) is 177 Å². The fourth-order valence-electron chi connectivity index (χ4n) is 4.96. The van der Waals surface area contributed by atoms with E-state index in [9.17, 15) is 25.3 Å². The van der Waals surface area contributed by atoms with Gasteiger partial charge in [-0.05, 0) is 29.3 Å². The van der Waals surface area contributed by atoms with Gasteiger partial charge in [-0.15, -0.1) is 5.11 Å². The molecule has 0 aliphatic carbocycles. The quantitative estimate of drug-likeness (QED) is 0.126. The van der Waals surface area contributed by atoms with Crippen LogP contribution < -0.4 is 0 Å². The first-order valence-electron chi connectivity index (χ1n) is 15.1. The summed E-state index contributed by atoms with van der Waals surface area (Å²) < 4.78 is 30.0. The van der Waals surface area contributed by atoms with E-state index in [2.05, 4.69) is 10.2 Å². The van der Waals surface area contributed by atoms with Gasteiger partial charge in [0.1, 0.15) is 18.0 Å². The van der Waals surface area contributed by atoms with Crippen molar-refractivity contribution in [1.82, 2.24) is 0 Å². The summed E-state index contributed by atoms with van der Waals surface area (Å²) in [5.41, 5.74) is 1.61. The third kappa shape index (κ3) is 9.47. The molecule has 0 saturated heterocycles. The molecule has 5 rings (SSSR count). The van der Waals surface area contributed by atoms with E-state index < -0.39 is 33.4 Å². The minimum Gasteiger partial charge on any atom is -0.507 e. The Hall–Kier alpha value is -5.12. The summed E-state index contributed by atoms with van der Waals surface area (Å²) in [5, 5.41) is 42.2. The maximum atomic E-state index is 11.6. The molecule has 4 aromatic carbocycles. The van der Waals surface area contributed by atoms with Crippen LogP contribution in [0.15, 0.2) is 101 Å². The third-order valence-electron chi connectivity index (χ3n) is 7.38. The van der Waals surface area contributed by atoms with Gasteiger partial charge in [-0.1, -0.05) is 60.7 Å². The van der Waals surface area contributed by atoms with Crippen LogP contribution >= 0.6 is 0 Å². The molecule has 2 atom stereocenters. The van der Waals surface area contributed by atoms with E-state index in [1.165, 1.54) is 0 Å². The van der Waals surface area contributed by atoms with Gasteiger partial charge in [0, 0.05) is 17.2 Å². The van der Waals surface area contributed by atoms with Gasteiger partial charge in [0.2, 0.25) is 0 Å². The summed E-state index contributed by atoms with van der Waals surface area (Å²) in [5.74, 6) is -0.0702. The molecule has 250 valence electrons. The summed E-state index contributed by atoms with van der Waals surface area (Å²) in [6, 6.07) is 25.3. The lowest BCUT2D eigenvalue weighted by Gasteiger charge is -2.21. The molecular formula is C34H34N4O10. The highest BCUT2D eigenvalue weighted by molar-refractivity contribution is 5.62. The number of phenols is 1. The molecule has 2 bridgehead atoms. The first kappa shape index (κ1) is 34.2. The highest BCUT2D eigenvalue weighted by atomic mass is 16.6. The molecule has 0 saturated carbocycles. The zero-order chi connectivity index (χ0) is 33.7. The molecule has 4 aromatic rings. The Morgan fingerprint density at radius 2 is 1.19 bits per heavy atom. The monoisotopic (exact) mass is 658 g/mol. The van der Waals surface area contributed by atoms with Crippen molar-refractivity contribution in [2.24, 2.45) is 10.2 Å². The molecule has 0 unspecified atom stereocenters. The summed E-state index contributed by atoms with van der Waals surface area (Å²) in [4.78, 5) is 21.3. The Morgan fingerprint density at radius 1 is 0.646 bits per heavy atom. The van der Waals surface area contributed by atoms with Crippen LogP contribution in [-0.2, 0) is 36.9 Å². The normalized spacial score (nSPS) is 18.5. The van der Waals surface area contributed by atoms with Crippen molar-refractivity contribution in [3.8, 4) is 5.75 Å². The summed E-state index contributed by atoms with van der Waals surface area (Å²) >= 11 is 0. The molecule has 1 aliphatic rings. The van der Waals surface area contributed by atoms with Crippen LogP contribution in [0, 0.1) is 20.2 Å². The van der Waals surface area contributed by atoms with E-state index in [4.69, 9.17) is 23.7 Å². The zero-order valence-electron chi connectivity index (χ0n) is 25.9. The van der Waals surface area contributed by atoms with Crippen LogP contribution in [0.25, 0.3) is 0 Å². The minimum absolute atomic E-state index is 0.0290. The second kappa shape index (κ2) is 17.2. The maximum absolute atomic E-state index is 11.6. The number of nitrogens with zero attached hydrogens (tertiary/aromatic N) is 4. The lowest BCUT2D eigenvalue weighted by Crippen LogP contribution is -2.18. The Labute approximate surface area is 275 Å². The third-order valence-corrected chi connectivity index (χ3v) is 7.38. The van der Waals surface area contributed by atoms with E-state index in [1.807, 2.05) is 60.7 Å². The molecule has 0 radical (unpaired) electrons. The van der Waals surface area contributed by atoms with E-state index in [0.29, 0.717) is 37.6 Å². The number of fused-ring (bicyclic) bond motifs is 2. The molecule has 14 heteroatoms. The Morgan fingerprint density at radius 3 is 1.69 bits per heavy atom. The van der Waals surface area contributed by atoms with Gasteiger partial charge in [-0.2, -0.15) is 5.11 Å². The molecule has 14 nitrogen and oxygen atoms in total. The average molecular weight is 659 g/mol. The van der Waals surface area contributed by atoms with Crippen LogP contribution in [-0.4, -0.2) is 54.6 Å². The largest absolute Gasteiger partial charge is 0.507 e. The fraction of sp³-hybridized carbons (Fsp3) is 0.294. The van der Waals surface area contributed by atoms with Crippen molar-refractivity contribution >= 4 is 22.7 Å². The molecule has 0 aromatic heterocycles. The Bertz CT molecular complexity index is 1630. The number of rotatable bonds is 6. The number of hydrogen-bond acceptors (Lipinski definition) is 12. The maximum Gasteiger partial charge on any atom is 0.303 e. The van der Waals surface area contributed by atoms with Crippen LogP contribution in [0.2, 0.25) is 0 Å². The molecule has 1 aliphatic heterocycles. The van der Waals surface area contributed by atoms with E-state index in [0.717, 1.165) is 29.3 Å². The van der Waals surface area contributed by atoms with Crippen LogP contribution in [0.5, 0.6) is 5.75 Å². The van der Waals surface area contributed by atoms with Crippen molar-refractivity contribution in [1.29, 1.82) is 0 Å². The van der Waals surface area contributed by atoms with Crippen molar-refractivity contribution < 1.29 is 38.6 Å². The standard InChI is InChI=1S/C34H34N4O10/c39-34-26-17-28(35-36-30-12-11-29(37(40)41)19-31(30)38(42)43)18-27(34)21-46-23-33(25-9-5-2-6-10-25)48-16-14-44-13-15-47-32(22-45-20-26)24-7-3-1-4-8-24/h1-12,17-19,32-33,39H,13-16,20-23H2/t32-,33-/m1/s1. The van der Waals surface area contributed by atoms with Gasteiger partial charge in [0.15, 0.2) is 5.69 Å². The number of azo groups is 1. The number of nitro groups is 2. The lowest BCUT2D eigenvalue weighted by molar-refractivity contribution is -0.393. The van der Waals surface area contributed by atoms with Crippen LogP contribution in [0.4, 0.5) is 22.7 Å². The smallest absolute Gasteiger partial charge is 0.303 e. The van der Waals surface area contributed by atoms with Gasteiger partial charge in [-0.25, -0.2) is 0 Å². The van der Waals surface area contributed by atoms with Gasteiger partial charge >= 0.3 is 5.69 Å². The Kier molecular flexibility index (Phi) is 12.2. The Balaban J connectivity index is 1.44. The van der Waals surface area contributed by atoms with Crippen molar-refractivity contribution in [3.63, 3.8) is 0 Å². The molecule has 1 N–H and O–H groups in total. The number of ether oxygens (including phenoxy) is 5. The number of nitro benzene ring substituents is 2. The number of phenolic OH excluding ortho intramolecular Hbond substituents is 1. The molecule has 1 heterocycles. The van der Waals surface area contributed by atoms with E-state index in [1.54, 1.807) is 12.1 Å². The van der Waals surface area contributed by atoms with Crippen LogP contribution in [0.1, 0.15) is 34.5 Å². The van der Waals surface area contributed by atoms with Gasteiger partial charge < -0.3 is 28.8 Å². The second-order valence-electron chi connectivity index (χ2n) is 10.7. The van der Waals surface area contributed by atoms with Gasteiger partial charge in [0.25, 0.3) is 5.69 Å². The average Bonchev–Trinajstić information content (AvgIpc) is 3.10. The summed E-state index contributed by atoms with van der Waals surface area (Å²) in [7, 11) is 0. The fourth-order valence-corrected chi connectivity index (χ4v) is 4.96. The first-order chi connectivity index (χ1) is 23.4. The van der Waals surface area contributed by atoms with Crippen molar-refractivity contribution in [3.05, 3.63) is 133 Å². The summed E-state index contributed by atoms with van der Waals surface area (Å²) in [6.45, 7) is 1.60. The highest BCUT2D eigenvalue weighted by Crippen LogP contribution is 2.35. The SMILES string of the molecule is O=[N+]([O-])c1ccc(N=Nc2cc3c(O)c(c2)COC[C@H](c2ccccc2)OCCOCCO[C@@H](c2ccccc2)COC3)c([N+](=O)[O-])c1. The van der Waals surface area contributed by atoms with Gasteiger partial charge in [0.05, 0.1) is 74.5 Å². The molecule has 0 amide bonds. The number of aromatic hydroxyl groups is 1. The predicted molar refractivity (Wildman–Crippen MR) is 172 cm³/mol. The van der Waals surface area contributed by atoms with Crippen molar-refractivity contribution in [2.45, 2.75) is 25.4 Å². The second-order valence-corrected chi connectivity index (χ2v) is 10.7. The number of benzene rings is 4. The molecule has 0 fully saturated rings. The van der Waals surface area contributed by atoms with Crippen LogP contribution in [0.3, 0.4) is 0 Å². The van der Waals surface area contributed by atoms with E-state index in [-0.39, 0.29) is 43.6 Å². The van der Waals surface area contributed by atoms with Crippen molar-refractivity contribution in [2.75, 3.05) is 39.6 Å². The highest BCUT2D eigenvalue weighted by Gasteiger charge is 2.21. The summed E-state index contributed by atoms with van der Waals surface area (Å²) in [6.07, 6.45) is -0.828. The molecular weight excluding hydrogens is 624 g/mol. The van der Waals surface area contributed by atoms with E-state index >= 15 is 0 Å². The number of non-ortho nitro benzene ring substituents is 1. The first-order valence-corrected chi connectivity index (χ1v) is 15.1. The number of hydrogen-bond donors (Lipinski definition) is 1. The minimum atomic E-state index is -0.766. The van der Waals surface area contributed by atoms with Gasteiger partial charge in [-0.3, -0.25) is 20.2 Å². The molecule has 48 heavy (non-hydrogen) atoms. The molecule has 0 spiro atoms.